The highest BCUT2D eigenvalue weighted by atomic mass is 79.9. The summed E-state index contributed by atoms with van der Waals surface area (Å²) >= 11 is 3.35. The van der Waals surface area contributed by atoms with Gasteiger partial charge >= 0.3 is 0 Å². The van der Waals surface area contributed by atoms with E-state index in [1.165, 1.54) is 6.07 Å². The summed E-state index contributed by atoms with van der Waals surface area (Å²) in [7, 11) is 0. The van der Waals surface area contributed by atoms with Gasteiger partial charge in [-0.2, -0.15) is 0 Å². The number of hydrogen-bond donors (Lipinski definition) is 1. The lowest BCUT2D eigenvalue weighted by Crippen LogP contribution is -2.23. The number of nitrogens with zero attached hydrogens (tertiary/aromatic N) is 1. The van der Waals surface area contributed by atoms with Crippen LogP contribution in [-0.4, -0.2) is 11.5 Å². The van der Waals surface area contributed by atoms with Crippen LogP contribution in [0.4, 0.5) is 4.39 Å². The summed E-state index contributed by atoms with van der Waals surface area (Å²) in [6.45, 7) is 4.99. The molecule has 2 nitrogen and oxygen atoms in total. The van der Waals surface area contributed by atoms with Crippen molar-refractivity contribution in [1.82, 2.24) is 10.3 Å². The topological polar surface area (TPSA) is 24.9 Å². The number of aromatic nitrogens is 1. The lowest BCUT2D eigenvalue weighted by Gasteiger charge is -2.20. The van der Waals surface area contributed by atoms with Crippen LogP contribution in [0.15, 0.2) is 41.1 Å². The summed E-state index contributed by atoms with van der Waals surface area (Å²) in [6, 6.07) is 7.02. The van der Waals surface area contributed by atoms with Crippen molar-refractivity contribution in [2.24, 2.45) is 0 Å². The predicted molar refractivity (Wildman–Crippen MR) is 83.2 cm³/mol. The van der Waals surface area contributed by atoms with Crippen LogP contribution < -0.4 is 5.32 Å². The van der Waals surface area contributed by atoms with Crippen LogP contribution in [0.5, 0.6) is 0 Å². The van der Waals surface area contributed by atoms with Gasteiger partial charge in [-0.1, -0.05) is 28.9 Å². The van der Waals surface area contributed by atoms with E-state index in [0.29, 0.717) is 0 Å². The largest absolute Gasteiger partial charge is 0.306 e. The average Bonchev–Trinajstić information content (AvgIpc) is 2.38. The molecule has 1 atom stereocenters. The Morgan fingerprint density at radius 1 is 1.20 bits per heavy atom. The zero-order chi connectivity index (χ0) is 14.5. The summed E-state index contributed by atoms with van der Waals surface area (Å²) in [5, 5.41) is 3.46. The van der Waals surface area contributed by atoms with E-state index in [9.17, 15) is 4.39 Å². The number of nitrogens with one attached hydrogen (secondary N) is 1. The highest BCUT2D eigenvalue weighted by molar-refractivity contribution is 9.10. The lowest BCUT2D eigenvalue weighted by molar-refractivity contribution is 0.583. The number of halogens is 2. The van der Waals surface area contributed by atoms with Gasteiger partial charge in [0.25, 0.3) is 0 Å². The minimum atomic E-state index is -0.238. The van der Waals surface area contributed by atoms with Gasteiger partial charge in [0.2, 0.25) is 0 Å². The normalized spacial score (nSPS) is 12.4. The molecular formula is C16H18BrFN2. The van der Waals surface area contributed by atoms with Gasteiger partial charge in [-0.25, -0.2) is 4.39 Å². The number of aryl methyl sites for hydroxylation is 1. The second-order valence-corrected chi connectivity index (χ2v) is 5.80. The van der Waals surface area contributed by atoms with Gasteiger partial charge in [0.1, 0.15) is 5.82 Å². The molecule has 0 spiro atoms. The Balaban J connectivity index is 2.41. The summed E-state index contributed by atoms with van der Waals surface area (Å²) in [4.78, 5) is 4.24. The smallest absolute Gasteiger partial charge is 0.124 e. The zero-order valence-corrected chi connectivity index (χ0v) is 13.2. The van der Waals surface area contributed by atoms with Gasteiger partial charge in [-0.05, 0) is 54.8 Å². The molecule has 1 heterocycles. The third kappa shape index (κ3) is 3.87. The van der Waals surface area contributed by atoms with Gasteiger partial charge in [0.15, 0.2) is 0 Å². The Morgan fingerprint density at radius 2 is 2.00 bits per heavy atom. The van der Waals surface area contributed by atoms with Gasteiger partial charge in [-0.15, -0.1) is 0 Å². The minimum Gasteiger partial charge on any atom is -0.306 e. The van der Waals surface area contributed by atoms with Gasteiger partial charge < -0.3 is 5.32 Å². The number of pyridine rings is 1. The first-order valence-electron chi connectivity index (χ1n) is 6.71. The SMILES string of the molecule is CCCNC(c1cncc(C)c1)c1cc(F)cc(Br)c1. The average molecular weight is 337 g/mol. The van der Waals surface area contributed by atoms with Crippen LogP contribution >= 0.6 is 15.9 Å². The van der Waals surface area contributed by atoms with E-state index in [1.807, 2.05) is 25.4 Å². The molecule has 20 heavy (non-hydrogen) atoms. The second-order valence-electron chi connectivity index (χ2n) is 4.89. The highest BCUT2D eigenvalue weighted by Gasteiger charge is 2.15. The predicted octanol–water partition coefficient (Wildman–Crippen LogP) is 4.38. The first-order valence-corrected chi connectivity index (χ1v) is 7.50. The second kappa shape index (κ2) is 6.95. The molecule has 4 heteroatoms. The molecule has 0 saturated heterocycles. The Morgan fingerprint density at radius 3 is 2.65 bits per heavy atom. The molecule has 2 aromatic rings. The molecule has 0 amide bonds. The van der Waals surface area contributed by atoms with E-state index in [0.717, 1.165) is 34.1 Å². The van der Waals surface area contributed by atoms with E-state index >= 15 is 0 Å². The van der Waals surface area contributed by atoms with Crippen molar-refractivity contribution in [3.63, 3.8) is 0 Å². The summed E-state index contributed by atoms with van der Waals surface area (Å²) in [5.41, 5.74) is 3.05. The Labute approximate surface area is 127 Å². The van der Waals surface area contributed by atoms with E-state index in [1.54, 1.807) is 6.07 Å². The van der Waals surface area contributed by atoms with Gasteiger partial charge in [-0.3, -0.25) is 4.98 Å². The van der Waals surface area contributed by atoms with Crippen LogP contribution in [0.1, 0.15) is 36.1 Å². The Hall–Kier alpha value is -1.26. The van der Waals surface area contributed by atoms with Crippen molar-refractivity contribution in [3.8, 4) is 0 Å². The summed E-state index contributed by atoms with van der Waals surface area (Å²) in [5.74, 6) is -0.238. The first kappa shape index (κ1) is 15.1. The molecule has 1 N–H and O–H groups in total. The van der Waals surface area contributed by atoms with Crippen LogP contribution in [0, 0.1) is 12.7 Å². The molecule has 106 valence electrons. The fraction of sp³-hybridized carbons (Fsp3) is 0.312. The van der Waals surface area contributed by atoms with Crippen molar-refractivity contribution in [2.45, 2.75) is 26.3 Å². The molecule has 1 aromatic carbocycles. The van der Waals surface area contributed by atoms with Crippen molar-refractivity contribution in [3.05, 3.63) is 63.6 Å². The van der Waals surface area contributed by atoms with E-state index in [4.69, 9.17) is 0 Å². The van der Waals surface area contributed by atoms with E-state index in [-0.39, 0.29) is 11.9 Å². The standard InChI is InChI=1S/C16H18BrFN2/c1-3-4-20-16(13-5-11(2)9-19-10-13)12-6-14(17)8-15(18)7-12/h5-10,16,20H,3-4H2,1-2H3. The van der Waals surface area contributed by atoms with Crippen molar-refractivity contribution in [1.29, 1.82) is 0 Å². The quantitative estimate of drug-likeness (QED) is 0.876. The molecular weight excluding hydrogens is 319 g/mol. The Bertz CT molecular complexity index is 566. The maximum Gasteiger partial charge on any atom is 0.124 e. The molecule has 0 aliphatic carbocycles. The van der Waals surface area contributed by atoms with Crippen LogP contribution in [0.3, 0.4) is 0 Å². The number of rotatable bonds is 5. The summed E-state index contributed by atoms with van der Waals surface area (Å²) < 4.78 is 14.4. The van der Waals surface area contributed by atoms with Crippen LogP contribution in [0.25, 0.3) is 0 Å². The maximum atomic E-state index is 13.6. The highest BCUT2D eigenvalue weighted by Crippen LogP contribution is 2.26. The molecule has 0 bridgehead atoms. The fourth-order valence-electron chi connectivity index (χ4n) is 2.19. The molecule has 0 radical (unpaired) electrons. The van der Waals surface area contributed by atoms with Crippen molar-refractivity contribution >= 4 is 15.9 Å². The molecule has 1 aromatic heterocycles. The first-order chi connectivity index (χ1) is 9.60. The van der Waals surface area contributed by atoms with Crippen molar-refractivity contribution in [2.75, 3.05) is 6.54 Å². The van der Waals surface area contributed by atoms with Crippen molar-refractivity contribution < 1.29 is 4.39 Å². The molecule has 2 rings (SSSR count). The molecule has 0 aliphatic rings. The zero-order valence-electron chi connectivity index (χ0n) is 11.7. The third-order valence-electron chi connectivity index (χ3n) is 3.05. The lowest BCUT2D eigenvalue weighted by atomic mass is 9.99. The fourth-order valence-corrected chi connectivity index (χ4v) is 2.68. The number of benzene rings is 1. The number of hydrogen-bond acceptors (Lipinski definition) is 2. The minimum absolute atomic E-state index is 0.0469. The molecule has 0 aliphatic heterocycles. The molecule has 0 fully saturated rings. The molecule has 0 saturated carbocycles. The monoisotopic (exact) mass is 336 g/mol. The van der Waals surface area contributed by atoms with E-state index in [2.05, 4.69) is 39.2 Å². The maximum absolute atomic E-state index is 13.6. The van der Waals surface area contributed by atoms with Crippen LogP contribution in [0.2, 0.25) is 0 Å². The van der Waals surface area contributed by atoms with Gasteiger partial charge in [0.05, 0.1) is 6.04 Å². The molecule has 1 unspecified atom stereocenters. The Kier molecular flexibility index (Phi) is 5.26. The summed E-state index contributed by atoms with van der Waals surface area (Å²) in [6.07, 6.45) is 4.67. The van der Waals surface area contributed by atoms with E-state index < -0.39 is 0 Å². The van der Waals surface area contributed by atoms with Crippen LogP contribution in [-0.2, 0) is 0 Å². The third-order valence-corrected chi connectivity index (χ3v) is 3.50. The van der Waals surface area contributed by atoms with Gasteiger partial charge in [0, 0.05) is 16.9 Å².